The van der Waals surface area contributed by atoms with Gasteiger partial charge in [0.1, 0.15) is 11.3 Å². The average molecular weight is 322 g/mol. The van der Waals surface area contributed by atoms with Gasteiger partial charge in [0.05, 0.1) is 10.2 Å². The van der Waals surface area contributed by atoms with Crippen LogP contribution in [-0.4, -0.2) is 20.3 Å². The number of nitrogens with one attached hydrogen (secondary N) is 1. The van der Waals surface area contributed by atoms with E-state index < -0.39 is 0 Å². The van der Waals surface area contributed by atoms with Gasteiger partial charge in [-0.05, 0) is 36.2 Å². The van der Waals surface area contributed by atoms with E-state index in [1.165, 1.54) is 16.9 Å². The summed E-state index contributed by atoms with van der Waals surface area (Å²) in [6.45, 7) is 2.12. The van der Waals surface area contributed by atoms with Crippen molar-refractivity contribution in [1.29, 1.82) is 0 Å². The maximum atomic E-state index is 12.4. The van der Waals surface area contributed by atoms with E-state index >= 15 is 0 Å². The Hall–Kier alpha value is -2.73. The number of pyridine rings is 1. The van der Waals surface area contributed by atoms with Crippen molar-refractivity contribution in [3.05, 3.63) is 60.0 Å². The Morgan fingerprint density at radius 2 is 2.17 bits per heavy atom. The minimum absolute atomic E-state index is 0.247. The number of imidazole rings is 1. The Bertz CT molecular complexity index is 985. The molecular weight excluding hydrogens is 308 g/mol. The van der Waals surface area contributed by atoms with Crippen LogP contribution in [0, 0.1) is 0 Å². The van der Waals surface area contributed by atoms with E-state index in [2.05, 4.69) is 34.3 Å². The van der Waals surface area contributed by atoms with Crippen molar-refractivity contribution in [2.45, 2.75) is 13.3 Å². The number of hydrogen-bond acceptors (Lipinski definition) is 4. The second-order valence-corrected chi connectivity index (χ2v) is 6.25. The standard InChI is InChI=1S/C17H14N4OS/c1-2-11-6-7-12-14(9-11)23-17(19-12)20-16(22)13-10-21-8-4-3-5-15(21)18-13/h3-10H,2H2,1H3,(H,19,20,22). The first-order valence-electron chi connectivity index (χ1n) is 7.37. The van der Waals surface area contributed by atoms with Gasteiger partial charge in [0, 0.05) is 12.4 Å². The summed E-state index contributed by atoms with van der Waals surface area (Å²) < 4.78 is 2.90. The molecule has 0 unspecified atom stereocenters. The SMILES string of the molecule is CCc1ccc2nc(NC(=O)c3cn4ccccc4n3)sc2c1. The second-order valence-electron chi connectivity index (χ2n) is 5.22. The summed E-state index contributed by atoms with van der Waals surface area (Å²) in [4.78, 5) is 21.1. The minimum atomic E-state index is -0.247. The van der Waals surface area contributed by atoms with Crippen LogP contribution in [0.15, 0.2) is 48.8 Å². The molecule has 0 bridgehead atoms. The Morgan fingerprint density at radius 1 is 1.26 bits per heavy atom. The summed E-state index contributed by atoms with van der Waals surface area (Å²) in [5.74, 6) is -0.247. The number of anilines is 1. The van der Waals surface area contributed by atoms with Crippen molar-refractivity contribution in [1.82, 2.24) is 14.4 Å². The molecule has 6 heteroatoms. The molecule has 0 aliphatic carbocycles. The summed E-state index contributed by atoms with van der Waals surface area (Å²) in [6.07, 6.45) is 4.56. The molecule has 1 N–H and O–H groups in total. The van der Waals surface area contributed by atoms with Crippen LogP contribution in [0.2, 0.25) is 0 Å². The third-order valence-electron chi connectivity index (χ3n) is 3.68. The topological polar surface area (TPSA) is 59.3 Å². The molecule has 23 heavy (non-hydrogen) atoms. The predicted octanol–water partition coefficient (Wildman–Crippen LogP) is 3.76. The smallest absolute Gasteiger partial charge is 0.277 e. The van der Waals surface area contributed by atoms with Gasteiger partial charge in [-0.25, -0.2) is 9.97 Å². The largest absolute Gasteiger partial charge is 0.306 e. The molecule has 0 saturated heterocycles. The number of nitrogens with zero attached hydrogens (tertiary/aromatic N) is 3. The fourth-order valence-electron chi connectivity index (χ4n) is 2.45. The van der Waals surface area contributed by atoms with Crippen LogP contribution >= 0.6 is 11.3 Å². The van der Waals surface area contributed by atoms with Gasteiger partial charge in [0.25, 0.3) is 5.91 Å². The zero-order chi connectivity index (χ0) is 15.8. The third kappa shape index (κ3) is 2.57. The maximum Gasteiger partial charge on any atom is 0.277 e. The normalized spacial score (nSPS) is 11.2. The minimum Gasteiger partial charge on any atom is -0.306 e. The number of thiazole rings is 1. The number of aryl methyl sites for hydroxylation is 1. The van der Waals surface area contributed by atoms with E-state index in [-0.39, 0.29) is 5.91 Å². The van der Waals surface area contributed by atoms with Gasteiger partial charge in [-0.2, -0.15) is 0 Å². The molecule has 4 aromatic rings. The zero-order valence-electron chi connectivity index (χ0n) is 12.5. The molecule has 114 valence electrons. The second kappa shape index (κ2) is 5.48. The first-order chi connectivity index (χ1) is 11.2. The Kier molecular flexibility index (Phi) is 3.31. The predicted molar refractivity (Wildman–Crippen MR) is 92.1 cm³/mol. The van der Waals surface area contributed by atoms with E-state index in [1.807, 2.05) is 34.9 Å². The van der Waals surface area contributed by atoms with Crippen LogP contribution in [0.4, 0.5) is 5.13 Å². The highest BCUT2D eigenvalue weighted by Gasteiger charge is 2.13. The number of fused-ring (bicyclic) bond motifs is 2. The fourth-order valence-corrected chi connectivity index (χ4v) is 3.37. The highest BCUT2D eigenvalue weighted by Crippen LogP contribution is 2.27. The number of amides is 1. The zero-order valence-corrected chi connectivity index (χ0v) is 13.3. The van der Waals surface area contributed by atoms with E-state index in [4.69, 9.17) is 0 Å². The molecule has 3 aromatic heterocycles. The monoisotopic (exact) mass is 322 g/mol. The maximum absolute atomic E-state index is 12.4. The lowest BCUT2D eigenvalue weighted by atomic mass is 10.2. The van der Waals surface area contributed by atoms with Crippen LogP contribution in [-0.2, 0) is 6.42 Å². The van der Waals surface area contributed by atoms with Crippen molar-refractivity contribution in [2.24, 2.45) is 0 Å². The van der Waals surface area contributed by atoms with Crippen LogP contribution < -0.4 is 5.32 Å². The van der Waals surface area contributed by atoms with E-state index in [0.717, 1.165) is 22.3 Å². The Labute approximate surface area is 136 Å². The molecule has 0 aliphatic heterocycles. The van der Waals surface area contributed by atoms with E-state index in [0.29, 0.717) is 10.8 Å². The van der Waals surface area contributed by atoms with Gasteiger partial charge < -0.3 is 4.40 Å². The summed E-state index contributed by atoms with van der Waals surface area (Å²) in [6, 6.07) is 11.8. The molecule has 0 atom stereocenters. The summed E-state index contributed by atoms with van der Waals surface area (Å²) in [5.41, 5.74) is 3.29. The molecule has 0 saturated carbocycles. The number of benzene rings is 1. The third-order valence-corrected chi connectivity index (χ3v) is 4.61. The molecule has 0 aliphatic rings. The van der Waals surface area contributed by atoms with Crippen molar-refractivity contribution in [3.63, 3.8) is 0 Å². The average Bonchev–Trinajstić information content (AvgIpc) is 3.17. The van der Waals surface area contributed by atoms with Gasteiger partial charge >= 0.3 is 0 Å². The highest BCUT2D eigenvalue weighted by atomic mass is 32.1. The number of carbonyl (C=O) groups excluding carboxylic acids is 1. The van der Waals surface area contributed by atoms with Crippen molar-refractivity contribution in [2.75, 3.05) is 5.32 Å². The van der Waals surface area contributed by atoms with Gasteiger partial charge in [-0.1, -0.05) is 30.4 Å². The van der Waals surface area contributed by atoms with Gasteiger partial charge in [-0.3, -0.25) is 10.1 Å². The molecule has 1 aromatic carbocycles. The number of rotatable bonds is 3. The number of hydrogen-bond donors (Lipinski definition) is 1. The summed E-state index contributed by atoms with van der Waals surface area (Å²) >= 11 is 1.48. The van der Waals surface area contributed by atoms with Crippen LogP contribution in [0.5, 0.6) is 0 Å². The first-order valence-corrected chi connectivity index (χ1v) is 8.19. The van der Waals surface area contributed by atoms with E-state index in [1.54, 1.807) is 6.20 Å². The Morgan fingerprint density at radius 3 is 3.00 bits per heavy atom. The quantitative estimate of drug-likeness (QED) is 0.625. The molecule has 0 fully saturated rings. The van der Waals surface area contributed by atoms with Crippen LogP contribution in [0.25, 0.3) is 15.9 Å². The highest BCUT2D eigenvalue weighted by molar-refractivity contribution is 7.22. The molecule has 5 nitrogen and oxygen atoms in total. The molecule has 4 rings (SSSR count). The van der Waals surface area contributed by atoms with E-state index in [9.17, 15) is 4.79 Å². The Balaban J connectivity index is 1.62. The summed E-state index contributed by atoms with van der Waals surface area (Å²) in [5, 5.41) is 3.43. The van der Waals surface area contributed by atoms with Crippen molar-refractivity contribution in [3.8, 4) is 0 Å². The lowest BCUT2D eigenvalue weighted by Gasteiger charge is -1.96. The van der Waals surface area contributed by atoms with Crippen molar-refractivity contribution >= 4 is 38.2 Å². The molecule has 3 heterocycles. The summed E-state index contributed by atoms with van der Waals surface area (Å²) in [7, 11) is 0. The van der Waals surface area contributed by atoms with Crippen LogP contribution in [0.3, 0.4) is 0 Å². The molecular formula is C17H14N4OS. The molecule has 1 amide bonds. The van der Waals surface area contributed by atoms with Gasteiger partial charge in [0.15, 0.2) is 5.13 Å². The lowest BCUT2D eigenvalue weighted by molar-refractivity contribution is 0.102. The molecule has 0 radical (unpaired) electrons. The lowest BCUT2D eigenvalue weighted by Crippen LogP contribution is -2.11. The molecule has 0 spiro atoms. The van der Waals surface area contributed by atoms with Crippen molar-refractivity contribution < 1.29 is 4.79 Å². The van der Waals surface area contributed by atoms with Gasteiger partial charge in [-0.15, -0.1) is 0 Å². The fraction of sp³-hybridized carbons (Fsp3) is 0.118. The number of carbonyl (C=O) groups is 1. The number of aromatic nitrogens is 3. The first kappa shape index (κ1) is 13.9. The van der Waals surface area contributed by atoms with Crippen LogP contribution in [0.1, 0.15) is 23.0 Å². The van der Waals surface area contributed by atoms with Gasteiger partial charge in [0.2, 0.25) is 0 Å².